The van der Waals surface area contributed by atoms with E-state index in [2.05, 4.69) is 23.6 Å². The van der Waals surface area contributed by atoms with Gasteiger partial charge in [-0.3, -0.25) is 4.90 Å². The minimum atomic E-state index is -0.877. The quantitative estimate of drug-likeness (QED) is 0.784. The highest BCUT2D eigenvalue weighted by molar-refractivity contribution is 6.01. The summed E-state index contributed by atoms with van der Waals surface area (Å²) in [6.45, 7) is 9.67. The Morgan fingerprint density at radius 2 is 2.19 bits per heavy atom. The highest BCUT2D eigenvalue weighted by Gasteiger charge is 2.26. The fourth-order valence-corrected chi connectivity index (χ4v) is 2.44. The normalized spacial score (nSPS) is 20.8. The molecule has 0 radical (unpaired) electrons. The second-order valence-electron chi connectivity index (χ2n) is 5.72. The van der Waals surface area contributed by atoms with Gasteiger partial charge in [-0.15, -0.1) is 6.58 Å². The maximum Gasteiger partial charge on any atom is 0.145 e. The standard InChI is InChI=1S/C17H24N2O2/c1-4-17(3,20)13-19(5-2)12-15-11-16(18-21-15)14-9-7-6-8-10-14/h4,6-10,15,20H,1,5,11-13H2,2-3H3/t15-,17+/m0/s1. The molecule has 0 saturated heterocycles. The Kier molecular flexibility index (Phi) is 5.15. The molecular formula is C17H24N2O2. The Morgan fingerprint density at radius 1 is 1.48 bits per heavy atom. The number of rotatable bonds is 7. The van der Waals surface area contributed by atoms with Crippen LogP contribution in [0.2, 0.25) is 0 Å². The van der Waals surface area contributed by atoms with E-state index in [4.69, 9.17) is 4.84 Å². The fraction of sp³-hybridized carbons (Fsp3) is 0.471. The third-order valence-electron chi connectivity index (χ3n) is 3.73. The van der Waals surface area contributed by atoms with Gasteiger partial charge in [0.1, 0.15) is 6.10 Å². The smallest absolute Gasteiger partial charge is 0.145 e. The molecule has 1 aliphatic heterocycles. The highest BCUT2D eigenvalue weighted by Crippen LogP contribution is 2.18. The lowest BCUT2D eigenvalue weighted by Gasteiger charge is -2.29. The largest absolute Gasteiger partial charge is 0.390 e. The first-order valence-corrected chi connectivity index (χ1v) is 7.40. The Morgan fingerprint density at radius 3 is 2.81 bits per heavy atom. The Bertz CT molecular complexity index is 497. The van der Waals surface area contributed by atoms with E-state index in [1.54, 1.807) is 13.0 Å². The first kappa shape index (κ1) is 15.7. The van der Waals surface area contributed by atoms with Crippen LogP contribution in [-0.4, -0.2) is 47.1 Å². The van der Waals surface area contributed by atoms with Crippen molar-refractivity contribution >= 4 is 5.71 Å². The average molecular weight is 288 g/mol. The van der Waals surface area contributed by atoms with Gasteiger partial charge in [-0.1, -0.05) is 48.5 Å². The molecule has 0 spiro atoms. The van der Waals surface area contributed by atoms with Gasteiger partial charge in [-0.25, -0.2) is 0 Å². The van der Waals surface area contributed by atoms with Gasteiger partial charge in [0.05, 0.1) is 11.3 Å². The molecule has 0 aliphatic carbocycles. The summed E-state index contributed by atoms with van der Waals surface area (Å²) in [6.07, 6.45) is 2.43. The Hall–Kier alpha value is -1.65. The van der Waals surface area contributed by atoms with Crippen molar-refractivity contribution in [1.82, 2.24) is 4.90 Å². The van der Waals surface area contributed by atoms with E-state index < -0.39 is 5.60 Å². The summed E-state index contributed by atoms with van der Waals surface area (Å²) in [5.74, 6) is 0. The Labute approximate surface area is 126 Å². The average Bonchev–Trinajstić information content (AvgIpc) is 2.96. The number of benzene rings is 1. The van der Waals surface area contributed by atoms with Crippen LogP contribution in [0.5, 0.6) is 0 Å². The zero-order chi connectivity index (χ0) is 15.3. The van der Waals surface area contributed by atoms with Gasteiger partial charge in [0.2, 0.25) is 0 Å². The van der Waals surface area contributed by atoms with Crippen LogP contribution in [0.25, 0.3) is 0 Å². The van der Waals surface area contributed by atoms with Gasteiger partial charge >= 0.3 is 0 Å². The summed E-state index contributed by atoms with van der Waals surface area (Å²) in [4.78, 5) is 7.70. The number of hydrogen-bond donors (Lipinski definition) is 1. The van der Waals surface area contributed by atoms with Crippen molar-refractivity contribution in [3.63, 3.8) is 0 Å². The molecule has 0 fully saturated rings. The Balaban J connectivity index is 1.89. The van der Waals surface area contributed by atoms with Crippen molar-refractivity contribution in [2.45, 2.75) is 32.0 Å². The lowest BCUT2D eigenvalue weighted by Crippen LogP contribution is -2.42. The first-order valence-electron chi connectivity index (χ1n) is 7.40. The van der Waals surface area contributed by atoms with Crippen LogP contribution < -0.4 is 0 Å². The predicted molar refractivity (Wildman–Crippen MR) is 85.4 cm³/mol. The van der Waals surface area contributed by atoms with Crippen molar-refractivity contribution in [1.29, 1.82) is 0 Å². The molecule has 1 heterocycles. The summed E-state index contributed by atoms with van der Waals surface area (Å²) >= 11 is 0. The van der Waals surface area contributed by atoms with Gasteiger partial charge in [0.25, 0.3) is 0 Å². The van der Waals surface area contributed by atoms with Crippen molar-refractivity contribution in [2.75, 3.05) is 19.6 Å². The molecule has 1 aliphatic rings. The van der Waals surface area contributed by atoms with E-state index in [-0.39, 0.29) is 6.10 Å². The maximum absolute atomic E-state index is 10.1. The molecule has 2 atom stereocenters. The van der Waals surface area contributed by atoms with Crippen molar-refractivity contribution in [2.24, 2.45) is 5.16 Å². The third kappa shape index (κ3) is 4.41. The summed E-state index contributed by atoms with van der Waals surface area (Å²) < 4.78 is 0. The second kappa shape index (κ2) is 6.87. The molecule has 0 saturated carbocycles. The molecule has 0 aromatic heterocycles. The molecule has 1 aromatic rings. The maximum atomic E-state index is 10.1. The van der Waals surface area contributed by atoms with E-state index in [9.17, 15) is 5.11 Å². The van der Waals surface area contributed by atoms with Crippen LogP contribution in [0.3, 0.4) is 0 Å². The lowest BCUT2D eigenvalue weighted by atomic mass is 10.0. The number of oxime groups is 1. The van der Waals surface area contributed by atoms with Gasteiger partial charge < -0.3 is 9.94 Å². The molecular weight excluding hydrogens is 264 g/mol. The van der Waals surface area contributed by atoms with Crippen molar-refractivity contribution in [3.8, 4) is 0 Å². The first-order chi connectivity index (χ1) is 10.0. The van der Waals surface area contributed by atoms with E-state index in [0.717, 1.165) is 30.8 Å². The van der Waals surface area contributed by atoms with Crippen molar-refractivity contribution in [3.05, 3.63) is 48.6 Å². The van der Waals surface area contributed by atoms with E-state index >= 15 is 0 Å². The SMILES string of the molecule is C=C[C@@](C)(O)CN(CC)C[C@@H]1CC(c2ccccc2)=NO1. The van der Waals surface area contributed by atoms with E-state index in [1.807, 2.05) is 30.3 Å². The monoisotopic (exact) mass is 288 g/mol. The van der Waals surface area contributed by atoms with Gasteiger partial charge in [-0.2, -0.15) is 0 Å². The van der Waals surface area contributed by atoms with Crippen LogP contribution in [0.4, 0.5) is 0 Å². The number of likely N-dealkylation sites (N-methyl/N-ethyl adjacent to an activating group) is 1. The molecule has 1 aromatic carbocycles. The molecule has 0 amide bonds. The zero-order valence-corrected chi connectivity index (χ0v) is 12.8. The van der Waals surface area contributed by atoms with Crippen LogP contribution in [0, 0.1) is 0 Å². The summed E-state index contributed by atoms with van der Waals surface area (Å²) in [5.41, 5.74) is 1.23. The second-order valence-corrected chi connectivity index (χ2v) is 5.72. The number of aliphatic hydroxyl groups is 1. The minimum Gasteiger partial charge on any atom is -0.390 e. The molecule has 114 valence electrons. The highest BCUT2D eigenvalue weighted by atomic mass is 16.6. The molecule has 0 unspecified atom stereocenters. The molecule has 2 rings (SSSR count). The molecule has 1 N–H and O–H groups in total. The molecule has 21 heavy (non-hydrogen) atoms. The number of nitrogens with zero attached hydrogens (tertiary/aromatic N) is 2. The topological polar surface area (TPSA) is 45.1 Å². The van der Waals surface area contributed by atoms with E-state index in [0.29, 0.717) is 6.54 Å². The third-order valence-corrected chi connectivity index (χ3v) is 3.73. The van der Waals surface area contributed by atoms with Crippen LogP contribution >= 0.6 is 0 Å². The molecule has 4 nitrogen and oxygen atoms in total. The van der Waals surface area contributed by atoms with Gasteiger partial charge in [0.15, 0.2) is 0 Å². The van der Waals surface area contributed by atoms with Gasteiger partial charge in [0, 0.05) is 19.5 Å². The number of hydrogen-bond acceptors (Lipinski definition) is 4. The van der Waals surface area contributed by atoms with Crippen molar-refractivity contribution < 1.29 is 9.94 Å². The minimum absolute atomic E-state index is 0.0424. The van der Waals surface area contributed by atoms with Crippen LogP contribution in [-0.2, 0) is 4.84 Å². The summed E-state index contributed by atoms with van der Waals surface area (Å²) in [7, 11) is 0. The van der Waals surface area contributed by atoms with Gasteiger partial charge in [-0.05, 0) is 19.0 Å². The molecule has 4 heteroatoms. The lowest BCUT2D eigenvalue weighted by molar-refractivity contribution is 0.0200. The fourth-order valence-electron chi connectivity index (χ4n) is 2.44. The van der Waals surface area contributed by atoms with Crippen LogP contribution in [0.15, 0.2) is 48.1 Å². The predicted octanol–water partition coefficient (Wildman–Crippen LogP) is 2.44. The summed E-state index contributed by atoms with van der Waals surface area (Å²) in [5, 5.41) is 14.3. The molecule has 0 bridgehead atoms. The van der Waals surface area contributed by atoms with E-state index in [1.165, 1.54) is 0 Å². The zero-order valence-electron chi connectivity index (χ0n) is 12.8. The summed E-state index contributed by atoms with van der Waals surface area (Å²) in [6, 6.07) is 10.1. The van der Waals surface area contributed by atoms with Crippen LogP contribution in [0.1, 0.15) is 25.8 Å².